The number of nitrogens with zero attached hydrogens (tertiary/aromatic N) is 5. The van der Waals surface area contributed by atoms with Crippen LogP contribution < -0.4 is 5.32 Å². The molecule has 3 rings (SSSR count). The van der Waals surface area contributed by atoms with E-state index in [0.29, 0.717) is 20.5 Å². The standard InChI is InChI=1S/C11H9FN6OS2/c1-18-11(15-16-17-18)20-5-9(19)14-10-13-7-3-2-6(12)4-8(7)21-10/h2-4H,5H2,1H3,(H,13,14,19). The molecule has 1 amide bonds. The van der Waals surface area contributed by atoms with Gasteiger partial charge >= 0.3 is 0 Å². The summed E-state index contributed by atoms with van der Waals surface area (Å²) in [6.45, 7) is 0. The van der Waals surface area contributed by atoms with E-state index in [2.05, 4.69) is 25.8 Å². The number of rotatable bonds is 4. The van der Waals surface area contributed by atoms with Crippen molar-refractivity contribution in [2.45, 2.75) is 5.16 Å². The largest absolute Gasteiger partial charge is 0.301 e. The topological polar surface area (TPSA) is 85.6 Å². The van der Waals surface area contributed by atoms with Crippen LogP contribution >= 0.6 is 23.1 Å². The molecule has 0 saturated heterocycles. The molecule has 0 atom stereocenters. The van der Waals surface area contributed by atoms with Crippen LogP contribution in [-0.2, 0) is 11.8 Å². The van der Waals surface area contributed by atoms with Crippen molar-refractivity contribution in [3.63, 3.8) is 0 Å². The Bertz CT molecular complexity index is 801. The van der Waals surface area contributed by atoms with Gasteiger partial charge in [-0.25, -0.2) is 14.1 Å². The molecule has 108 valence electrons. The van der Waals surface area contributed by atoms with Gasteiger partial charge in [0, 0.05) is 7.05 Å². The summed E-state index contributed by atoms with van der Waals surface area (Å²) in [5, 5.41) is 14.6. The minimum absolute atomic E-state index is 0.165. The summed E-state index contributed by atoms with van der Waals surface area (Å²) in [4.78, 5) is 16.1. The zero-order valence-corrected chi connectivity index (χ0v) is 12.4. The molecular formula is C11H9FN6OS2. The number of fused-ring (bicyclic) bond motifs is 1. The maximum absolute atomic E-state index is 13.1. The highest BCUT2D eigenvalue weighted by Gasteiger charge is 2.11. The Morgan fingerprint density at radius 3 is 3.14 bits per heavy atom. The Morgan fingerprint density at radius 1 is 1.52 bits per heavy atom. The van der Waals surface area contributed by atoms with E-state index in [1.165, 1.54) is 39.9 Å². The van der Waals surface area contributed by atoms with Gasteiger partial charge in [0.1, 0.15) is 5.82 Å². The average molecular weight is 324 g/mol. The Kier molecular flexibility index (Phi) is 3.80. The molecule has 2 aromatic heterocycles. The van der Waals surface area contributed by atoms with E-state index in [9.17, 15) is 9.18 Å². The van der Waals surface area contributed by atoms with Gasteiger partial charge in [0.2, 0.25) is 11.1 Å². The number of halogens is 1. The molecule has 3 aromatic rings. The van der Waals surface area contributed by atoms with Gasteiger partial charge in [-0.1, -0.05) is 23.1 Å². The first-order valence-corrected chi connectivity index (χ1v) is 7.63. The highest BCUT2D eigenvalue weighted by molar-refractivity contribution is 7.99. The molecule has 0 saturated carbocycles. The number of thiazole rings is 1. The van der Waals surface area contributed by atoms with Crippen molar-refractivity contribution >= 4 is 44.4 Å². The number of aromatic nitrogens is 5. The molecule has 0 fully saturated rings. The van der Waals surface area contributed by atoms with Gasteiger partial charge in [-0.05, 0) is 28.6 Å². The Morgan fingerprint density at radius 2 is 2.38 bits per heavy atom. The fraction of sp³-hybridized carbons (Fsp3) is 0.182. The van der Waals surface area contributed by atoms with Gasteiger partial charge in [-0.2, -0.15) is 0 Å². The molecule has 2 heterocycles. The number of anilines is 1. The van der Waals surface area contributed by atoms with Gasteiger partial charge in [0.25, 0.3) is 0 Å². The summed E-state index contributed by atoms with van der Waals surface area (Å²) < 4.78 is 15.3. The van der Waals surface area contributed by atoms with Gasteiger partial charge in [0.05, 0.1) is 16.0 Å². The number of hydrogen-bond donors (Lipinski definition) is 1. The highest BCUT2D eigenvalue weighted by atomic mass is 32.2. The first-order chi connectivity index (χ1) is 10.1. The molecular weight excluding hydrogens is 315 g/mol. The fourth-order valence-corrected chi connectivity index (χ4v) is 3.14. The lowest BCUT2D eigenvalue weighted by Gasteiger charge is -2.00. The lowest BCUT2D eigenvalue weighted by Crippen LogP contribution is -2.14. The quantitative estimate of drug-likeness (QED) is 0.735. The van der Waals surface area contributed by atoms with Crippen LogP contribution in [0.3, 0.4) is 0 Å². The zero-order valence-electron chi connectivity index (χ0n) is 10.8. The number of hydrogen-bond acceptors (Lipinski definition) is 7. The van der Waals surface area contributed by atoms with E-state index >= 15 is 0 Å². The van der Waals surface area contributed by atoms with Gasteiger partial charge in [-0.15, -0.1) is 5.10 Å². The second-order valence-electron chi connectivity index (χ2n) is 4.05. The molecule has 0 aliphatic carbocycles. The predicted octanol–water partition coefficient (Wildman–Crippen LogP) is 1.69. The summed E-state index contributed by atoms with van der Waals surface area (Å²) in [5.41, 5.74) is 0.654. The Balaban J connectivity index is 1.64. The third-order valence-corrected chi connectivity index (χ3v) is 4.45. The summed E-state index contributed by atoms with van der Waals surface area (Å²) >= 11 is 2.45. The molecule has 1 N–H and O–H groups in total. The minimum Gasteiger partial charge on any atom is -0.301 e. The number of nitrogens with one attached hydrogen (secondary N) is 1. The second-order valence-corrected chi connectivity index (χ2v) is 6.03. The number of amides is 1. The molecule has 1 aromatic carbocycles. The predicted molar refractivity (Wildman–Crippen MR) is 77.7 cm³/mol. The van der Waals surface area contributed by atoms with Crippen molar-refractivity contribution in [3.05, 3.63) is 24.0 Å². The summed E-state index contributed by atoms with van der Waals surface area (Å²) in [6.07, 6.45) is 0. The van der Waals surface area contributed by atoms with Crippen molar-refractivity contribution in [2.75, 3.05) is 11.1 Å². The molecule has 0 spiro atoms. The Labute approximate surface area is 126 Å². The number of aryl methyl sites for hydroxylation is 1. The van der Waals surface area contributed by atoms with Crippen LogP contribution in [0.1, 0.15) is 0 Å². The lowest BCUT2D eigenvalue weighted by atomic mass is 10.3. The van der Waals surface area contributed by atoms with Crippen LogP contribution in [-0.4, -0.2) is 36.9 Å². The molecule has 7 nitrogen and oxygen atoms in total. The highest BCUT2D eigenvalue weighted by Crippen LogP contribution is 2.26. The van der Waals surface area contributed by atoms with Crippen LogP contribution in [0.4, 0.5) is 9.52 Å². The molecule has 0 bridgehead atoms. The van der Waals surface area contributed by atoms with Crippen molar-refractivity contribution < 1.29 is 9.18 Å². The maximum atomic E-state index is 13.1. The molecule has 0 aliphatic rings. The van der Waals surface area contributed by atoms with Gasteiger partial charge < -0.3 is 5.32 Å². The third-order valence-electron chi connectivity index (χ3n) is 2.51. The first-order valence-electron chi connectivity index (χ1n) is 5.83. The molecule has 21 heavy (non-hydrogen) atoms. The van der Waals surface area contributed by atoms with Crippen molar-refractivity contribution in [1.82, 2.24) is 25.2 Å². The summed E-state index contributed by atoms with van der Waals surface area (Å²) in [6, 6.07) is 4.31. The van der Waals surface area contributed by atoms with Crippen molar-refractivity contribution in [1.29, 1.82) is 0 Å². The average Bonchev–Trinajstić information content (AvgIpc) is 3.01. The van der Waals surface area contributed by atoms with E-state index in [4.69, 9.17) is 0 Å². The van der Waals surface area contributed by atoms with Crippen LogP contribution in [0.2, 0.25) is 0 Å². The first kappa shape index (κ1) is 13.9. The van der Waals surface area contributed by atoms with Crippen molar-refractivity contribution in [2.24, 2.45) is 7.05 Å². The number of carbonyl (C=O) groups excluding carboxylic acids is 1. The second kappa shape index (κ2) is 5.74. The maximum Gasteiger partial charge on any atom is 0.236 e. The van der Waals surface area contributed by atoms with Crippen molar-refractivity contribution in [3.8, 4) is 0 Å². The molecule has 10 heteroatoms. The van der Waals surface area contributed by atoms with Crippen LogP contribution in [0.25, 0.3) is 10.2 Å². The lowest BCUT2D eigenvalue weighted by molar-refractivity contribution is -0.113. The van der Waals surface area contributed by atoms with E-state index in [1.807, 2.05) is 0 Å². The molecule has 0 radical (unpaired) electrons. The fourth-order valence-electron chi connectivity index (χ4n) is 1.58. The smallest absolute Gasteiger partial charge is 0.236 e. The number of thioether (sulfide) groups is 1. The molecule has 0 unspecified atom stereocenters. The number of carbonyl (C=O) groups is 1. The summed E-state index contributed by atoms with van der Waals surface area (Å²) in [5.74, 6) is -0.379. The van der Waals surface area contributed by atoms with Crippen LogP contribution in [0.5, 0.6) is 0 Å². The van der Waals surface area contributed by atoms with Gasteiger partial charge in [0.15, 0.2) is 5.13 Å². The summed E-state index contributed by atoms with van der Waals surface area (Å²) in [7, 11) is 1.70. The SMILES string of the molecule is Cn1nnnc1SCC(=O)Nc1nc2ccc(F)cc2s1. The van der Waals surface area contributed by atoms with Crippen LogP contribution in [0.15, 0.2) is 23.4 Å². The molecule has 0 aliphatic heterocycles. The number of tetrazole rings is 1. The monoisotopic (exact) mass is 324 g/mol. The van der Waals surface area contributed by atoms with E-state index in [-0.39, 0.29) is 17.5 Å². The number of benzene rings is 1. The zero-order chi connectivity index (χ0) is 14.8. The van der Waals surface area contributed by atoms with E-state index in [0.717, 1.165) is 0 Å². The Hall–Kier alpha value is -2.07. The minimum atomic E-state index is -0.325. The normalized spacial score (nSPS) is 11.0. The van der Waals surface area contributed by atoms with E-state index < -0.39 is 0 Å². The van der Waals surface area contributed by atoms with E-state index in [1.54, 1.807) is 13.1 Å². The third kappa shape index (κ3) is 3.16. The van der Waals surface area contributed by atoms with Crippen LogP contribution in [0, 0.1) is 5.82 Å². The van der Waals surface area contributed by atoms with Gasteiger partial charge in [-0.3, -0.25) is 4.79 Å².